The van der Waals surface area contributed by atoms with E-state index in [9.17, 15) is 4.79 Å². The lowest BCUT2D eigenvalue weighted by molar-refractivity contribution is 0.276. The lowest BCUT2D eigenvalue weighted by Gasteiger charge is -2.24. The molecule has 0 aromatic carbocycles. The summed E-state index contributed by atoms with van der Waals surface area (Å²) in [6, 6.07) is 0. The van der Waals surface area contributed by atoms with Gasteiger partial charge < -0.3 is 0 Å². The summed E-state index contributed by atoms with van der Waals surface area (Å²) in [6.07, 6.45) is 9.75. The van der Waals surface area contributed by atoms with E-state index in [2.05, 4.69) is 4.99 Å². The quantitative estimate of drug-likeness (QED) is 0.466. The Balaban J connectivity index is 1.89. The minimum absolute atomic E-state index is 0.588. The molecule has 0 radical (unpaired) electrons. The van der Waals surface area contributed by atoms with Gasteiger partial charge in [0.05, 0.1) is 6.54 Å². The van der Waals surface area contributed by atoms with Crippen LogP contribution in [0.5, 0.6) is 0 Å². The first-order valence-electron chi connectivity index (χ1n) is 4.88. The molecule has 0 N–H and O–H groups in total. The van der Waals surface area contributed by atoms with E-state index in [4.69, 9.17) is 0 Å². The van der Waals surface area contributed by atoms with Crippen LogP contribution >= 0.6 is 0 Å². The van der Waals surface area contributed by atoms with Gasteiger partial charge in [0.1, 0.15) is 0 Å². The van der Waals surface area contributed by atoms with Gasteiger partial charge in [0.15, 0.2) is 0 Å². The van der Waals surface area contributed by atoms with Crippen molar-refractivity contribution < 1.29 is 4.79 Å². The van der Waals surface area contributed by atoms with Gasteiger partial charge in [-0.2, -0.15) is 0 Å². The number of carbonyl (C=O) groups excluding carboxylic acids is 1. The van der Waals surface area contributed by atoms with Crippen molar-refractivity contribution in [3.05, 3.63) is 0 Å². The summed E-state index contributed by atoms with van der Waals surface area (Å²) in [6.45, 7) is 0.705. The summed E-state index contributed by atoms with van der Waals surface area (Å²) in [4.78, 5) is 13.5. The molecule has 0 aromatic heterocycles. The summed E-state index contributed by atoms with van der Waals surface area (Å²) in [7, 11) is 0. The maximum absolute atomic E-state index is 9.89. The van der Waals surface area contributed by atoms with Gasteiger partial charge in [0.2, 0.25) is 6.08 Å². The molecular weight excluding hydrogens is 150 g/mol. The van der Waals surface area contributed by atoms with Crippen molar-refractivity contribution in [1.29, 1.82) is 0 Å². The average molecular weight is 165 g/mol. The van der Waals surface area contributed by atoms with Crippen LogP contribution in [0.25, 0.3) is 0 Å². The van der Waals surface area contributed by atoms with Crippen molar-refractivity contribution in [2.75, 3.05) is 6.54 Å². The molecule has 0 saturated heterocycles. The highest BCUT2D eigenvalue weighted by molar-refractivity contribution is 5.32. The van der Waals surface area contributed by atoms with Crippen molar-refractivity contribution >= 4 is 6.08 Å². The van der Waals surface area contributed by atoms with Gasteiger partial charge in [-0.3, -0.25) is 0 Å². The van der Waals surface area contributed by atoms with Gasteiger partial charge in [0, 0.05) is 0 Å². The highest BCUT2D eigenvalue weighted by Crippen LogP contribution is 2.55. The van der Waals surface area contributed by atoms with Crippen molar-refractivity contribution in [2.45, 2.75) is 38.5 Å². The first kappa shape index (κ1) is 8.00. The molecule has 12 heavy (non-hydrogen) atoms. The van der Waals surface area contributed by atoms with Crippen LogP contribution in [0, 0.1) is 11.3 Å². The average Bonchev–Trinajstić information content (AvgIpc) is 2.64. The van der Waals surface area contributed by atoms with Gasteiger partial charge in [0.25, 0.3) is 0 Å². The second-order valence-corrected chi connectivity index (χ2v) is 4.37. The molecule has 2 fully saturated rings. The van der Waals surface area contributed by atoms with Crippen LogP contribution in [0.15, 0.2) is 4.99 Å². The Morgan fingerprint density at radius 2 is 2.17 bits per heavy atom. The minimum Gasteiger partial charge on any atom is -0.211 e. The summed E-state index contributed by atoms with van der Waals surface area (Å²) in [5, 5.41) is 0. The first-order valence-corrected chi connectivity index (χ1v) is 4.88. The highest BCUT2D eigenvalue weighted by atomic mass is 16.1. The lowest BCUT2D eigenvalue weighted by Crippen LogP contribution is -2.14. The minimum atomic E-state index is 0.588. The SMILES string of the molecule is O=C=NCCC12CCC(CC1)C2. The maximum Gasteiger partial charge on any atom is 0.234 e. The third-order valence-corrected chi connectivity index (χ3v) is 3.71. The fourth-order valence-corrected chi connectivity index (χ4v) is 3.00. The fourth-order valence-electron chi connectivity index (χ4n) is 3.00. The van der Waals surface area contributed by atoms with Crippen LogP contribution in [0.1, 0.15) is 38.5 Å². The molecule has 0 heterocycles. The number of nitrogens with zero attached hydrogens (tertiary/aromatic N) is 1. The third-order valence-electron chi connectivity index (χ3n) is 3.71. The molecule has 0 aromatic rings. The molecule has 2 heteroatoms. The summed E-state index contributed by atoms with van der Waals surface area (Å²) in [5.74, 6) is 1.00. The van der Waals surface area contributed by atoms with E-state index in [-0.39, 0.29) is 0 Å². The molecule has 2 aliphatic rings. The van der Waals surface area contributed by atoms with Gasteiger partial charge in [-0.05, 0) is 49.9 Å². The zero-order valence-corrected chi connectivity index (χ0v) is 7.38. The Bertz CT molecular complexity index is 210. The monoisotopic (exact) mass is 165 g/mol. The van der Waals surface area contributed by atoms with E-state index < -0.39 is 0 Å². The Hall–Kier alpha value is -0.620. The largest absolute Gasteiger partial charge is 0.234 e. The van der Waals surface area contributed by atoms with Crippen molar-refractivity contribution in [2.24, 2.45) is 16.3 Å². The Labute approximate surface area is 73.1 Å². The number of hydrogen-bond donors (Lipinski definition) is 0. The Morgan fingerprint density at radius 3 is 2.67 bits per heavy atom. The van der Waals surface area contributed by atoms with E-state index in [1.165, 1.54) is 32.1 Å². The van der Waals surface area contributed by atoms with Gasteiger partial charge in [-0.15, -0.1) is 0 Å². The van der Waals surface area contributed by atoms with Crippen LogP contribution < -0.4 is 0 Å². The van der Waals surface area contributed by atoms with E-state index in [0.29, 0.717) is 12.0 Å². The molecule has 0 aliphatic heterocycles. The third kappa shape index (κ3) is 1.32. The molecule has 2 aliphatic carbocycles. The molecule has 2 bridgehead atoms. The number of hydrogen-bond acceptors (Lipinski definition) is 2. The zero-order valence-electron chi connectivity index (χ0n) is 7.38. The molecule has 2 nitrogen and oxygen atoms in total. The molecule has 0 amide bonds. The molecule has 0 spiro atoms. The summed E-state index contributed by atoms with van der Waals surface area (Å²) in [5.41, 5.74) is 0.588. The highest BCUT2D eigenvalue weighted by Gasteiger charge is 2.43. The van der Waals surface area contributed by atoms with Crippen LogP contribution in [0.3, 0.4) is 0 Å². The van der Waals surface area contributed by atoms with Crippen LogP contribution in [0.4, 0.5) is 0 Å². The van der Waals surface area contributed by atoms with Gasteiger partial charge in [-0.1, -0.05) is 0 Å². The number of rotatable bonds is 3. The molecule has 0 atom stereocenters. The van der Waals surface area contributed by atoms with Gasteiger partial charge in [-0.25, -0.2) is 9.79 Å². The predicted molar refractivity (Wildman–Crippen MR) is 46.6 cm³/mol. The predicted octanol–water partition coefficient (Wildman–Crippen LogP) is 2.29. The van der Waals surface area contributed by atoms with E-state index >= 15 is 0 Å². The molecule has 66 valence electrons. The maximum atomic E-state index is 9.89. The molecule has 2 saturated carbocycles. The summed E-state index contributed by atoms with van der Waals surface area (Å²) < 4.78 is 0. The smallest absolute Gasteiger partial charge is 0.211 e. The van der Waals surface area contributed by atoms with Crippen LogP contribution in [0.2, 0.25) is 0 Å². The lowest BCUT2D eigenvalue weighted by atomic mass is 9.81. The van der Waals surface area contributed by atoms with Gasteiger partial charge >= 0.3 is 0 Å². The van der Waals surface area contributed by atoms with Crippen LogP contribution in [-0.2, 0) is 4.79 Å². The number of isocyanates is 1. The van der Waals surface area contributed by atoms with Crippen molar-refractivity contribution in [3.8, 4) is 0 Å². The second kappa shape index (κ2) is 3.02. The number of aliphatic imine (C=N–C) groups is 1. The number of fused-ring (bicyclic) bond motifs is 2. The van der Waals surface area contributed by atoms with Crippen LogP contribution in [-0.4, -0.2) is 12.6 Å². The zero-order chi connectivity index (χ0) is 8.44. The van der Waals surface area contributed by atoms with Crippen molar-refractivity contribution in [3.63, 3.8) is 0 Å². The topological polar surface area (TPSA) is 29.4 Å². The van der Waals surface area contributed by atoms with E-state index in [1.807, 2.05) is 0 Å². The summed E-state index contributed by atoms with van der Waals surface area (Å²) >= 11 is 0. The Morgan fingerprint density at radius 1 is 1.42 bits per heavy atom. The Kier molecular flexibility index (Phi) is 2.02. The second-order valence-electron chi connectivity index (χ2n) is 4.37. The first-order chi connectivity index (χ1) is 5.85. The standard InChI is InChI=1S/C10H15NO/c12-8-11-6-5-10-3-1-9(7-10)2-4-10/h9H,1-7H2. The molecular formula is C10H15NO. The normalized spacial score (nSPS) is 38.2. The molecule has 0 unspecified atom stereocenters. The van der Waals surface area contributed by atoms with Crippen molar-refractivity contribution in [1.82, 2.24) is 0 Å². The molecule has 2 rings (SSSR count). The fraction of sp³-hybridized carbons (Fsp3) is 0.900. The van der Waals surface area contributed by atoms with E-state index in [0.717, 1.165) is 12.3 Å². The van der Waals surface area contributed by atoms with E-state index in [1.54, 1.807) is 6.08 Å².